The molecular weight excluding hydrogens is 276 g/mol. The topological polar surface area (TPSA) is 87.5 Å². The monoisotopic (exact) mass is 290 g/mol. The summed E-state index contributed by atoms with van der Waals surface area (Å²) in [5.74, 6) is -1.42. The lowest BCUT2D eigenvalue weighted by Crippen LogP contribution is -2.25. The van der Waals surface area contributed by atoms with Gasteiger partial charge in [0, 0.05) is 12.4 Å². The number of hydrogen-bond acceptors (Lipinski definition) is 6. The van der Waals surface area contributed by atoms with Crippen LogP contribution in [0.2, 0.25) is 0 Å². The molecule has 0 fully saturated rings. The van der Waals surface area contributed by atoms with E-state index in [-0.39, 0.29) is 17.9 Å². The number of aromatic nitrogens is 2. The third-order valence-corrected chi connectivity index (χ3v) is 2.78. The van der Waals surface area contributed by atoms with Crippen LogP contribution in [0.1, 0.15) is 17.4 Å². The van der Waals surface area contributed by atoms with Gasteiger partial charge in [-0.15, -0.1) is 0 Å². The van der Waals surface area contributed by atoms with Crippen LogP contribution < -0.4 is 5.56 Å². The number of esters is 2. The van der Waals surface area contributed by atoms with E-state index in [1.807, 2.05) is 0 Å². The highest BCUT2D eigenvalue weighted by atomic mass is 16.6. The van der Waals surface area contributed by atoms with Crippen LogP contribution in [0, 0.1) is 0 Å². The Morgan fingerprint density at radius 3 is 2.52 bits per heavy atom. The molecule has 7 nitrogen and oxygen atoms in total. The maximum absolute atomic E-state index is 12.0. The standard InChI is InChI=1S/C14H14N2O5/c1-3-20-11(17)8-21-14(19)12-9-6-4-5-7-10(9)13(18)16(2)15-12/h4-7H,3,8H2,1-2H3. The first-order chi connectivity index (χ1) is 10.0. The van der Waals surface area contributed by atoms with Gasteiger partial charge in [0.15, 0.2) is 12.3 Å². The lowest BCUT2D eigenvalue weighted by atomic mass is 10.1. The van der Waals surface area contributed by atoms with Gasteiger partial charge in [0.05, 0.1) is 12.0 Å². The molecule has 1 aromatic heterocycles. The van der Waals surface area contributed by atoms with Crippen molar-refractivity contribution < 1.29 is 19.1 Å². The molecule has 0 bridgehead atoms. The number of rotatable bonds is 4. The number of nitrogens with zero attached hydrogens (tertiary/aromatic N) is 2. The highest BCUT2D eigenvalue weighted by Gasteiger charge is 2.18. The summed E-state index contributed by atoms with van der Waals surface area (Å²) in [6.45, 7) is 1.37. The lowest BCUT2D eigenvalue weighted by Gasteiger charge is -2.08. The average molecular weight is 290 g/mol. The summed E-state index contributed by atoms with van der Waals surface area (Å²) in [5, 5.41) is 4.65. The molecule has 0 saturated heterocycles. The van der Waals surface area contributed by atoms with Crippen LogP contribution in [-0.2, 0) is 21.3 Å². The van der Waals surface area contributed by atoms with Crippen molar-refractivity contribution >= 4 is 22.7 Å². The molecule has 21 heavy (non-hydrogen) atoms. The summed E-state index contributed by atoms with van der Waals surface area (Å²) >= 11 is 0. The summed E-state index contributed by atoms with van der Waals surface area (Å²) in [5.41, 5.74) is -0.329. The molecule has 2 rings (SSSR count). The first-order valence-corrected chi connectivity index (χ1v) is 6.33. The van der Waals surface area contributed by atoms with Gasteiger partial charge >= 0.3 is 11.9 Å². The second kappa shape index (κ2) is 6.17. The molecule has 2 aromatic rings. The van der Waals surface area contributed by atoms with Gasteiger partial charge < -0.3 is 9.47 Å². The third-order valence-electron chi connectivity index (χ3n) is 2.78. The molecule has 0 spiro atoms. The van der Waals surface area contributed by atoms with Crippen molar-refractivity contribution in [2.24, 2.45) is 7.05 Å². The molecule has 0 saturated carbocycles. The van der Waals surface area contributed by atoms with Crippen molar-refractivity contribution in [1.82, 2.24) is 9.78 Å². The van der Waals surface area contributed by atoms with Gasteiger partial charge in [-0.1, -0.05) is 18.2 Å². The van der Waals surface area contributed by atoms with E-state index < -0.39 is 18.5 Å². The quantitative estimate of drug-likeness (QED) is 0.768. The number of benzene rings is 1. The van der Waals surface area contributed by atoms with E-state index in [1.54, 1.807) is 31.2 Å². The van der Waals surface area contributed by atoms with Gasteiger partial charge in [0.1, 0.15) is 0 Å². The SMILES string of the molecule is CCOC(=O)COC(=O)c1nn(C)c(=O)c2ccccc12. The molecule has 0 aliphatic rings. The Morgan fingerprint density at radius 2 is 1.86 bits per heavy atom. The van der Waals surface area contributed by atoms with Crippen LogP contribution in [0.25, 0.3) is 10.8 Å². The largest absolute Gasteiger partial charge is 0.463 e. The minimum Gasteiger partial charge on any atom is -0.463 e. The Bertz CT molecular complexity index is 751. The van der Waals surface area contributed by atoms with Crippen molar-refractivity contribution in [2.45, 2.75) is 6.92 Å². The van der Waals surface area contributed by atoms with Crippen LogP contribution in [0.4, 0.5) is 0 Å². The van der Waals surface area contributed by atoms with Crippen molar-refractivity contribution in [1.29, 1.82) is 0 Å². The fourth-order valence-corrected chi connectivity index (χ4v) is 1.85. The number of carbonyl (C=O) groups excluding carboxylic acids is 2. The van der Waals surface area contributed by atoms with E-state index in [0.29, 0.717) is 10.8 Å². The molecule has 110 valence electrons. The highest BCUT2D eigenvalue weighted by Crippen LogP contribution is 2.13. The summed E-state index contributed by atoms with van der Waals surface area (Å²) in [7, 11) is 1.44. The van der Waals surface area contributed by atoms with Crippen LogP contribution >= 0.6 is 0 Å². The number of fused-ring (bicyclic) bond motifs is 1. The fraction of sp³-hybridized carbons (Fsp3) is 0.286. The Balaban J connectivity index is 2.34. The minimum atomic E-state index is -0.783. The van der Waals surface area contributed by atoms with Crippen LogP contribution in [0.15, 0.2) is 29.1 Å². The average Bonchev–Trinajstić information content (AvgIpc) is 2.49. The van der Waals surface area contributed by atoms with E-state index in [0.717, 1.165) is 4.68 Å². The van der Waals surface area contributed by atoms with Gasteiger partial charge in [-0.2, -0.15) is 5.10 Å². The molecule has 0 aliphatic carbocycles. The first-order valence-electron chi connectivity index (χ1n) is 6.33. The molecule has 0 atom stereocenters. The molecule has 0 unspecified atom stereocenters. The van der Waals surface area contributed by atoms with Crippen LogP contribution in [0.5, 0.6) is 0 Å². The highest BCUT2D eigenvalue weighted by molar-refractivity contribution is 6.02. The van der Waals surface area contributed by atoms with Crippen LogP contribution in [-0.4, -0.2) is 34.9 Å². The zero-order valence-electron chi connectivity index (χ0n) is 11.7. The lowest BCUT2D eigenvalue weighted by molar-refractivity contribution is -0.146. The summed E-state index contributed by atoms with van der Waals surface area (Å²) in [6.07, 6.45) is 0. The molecule has 0 N–H and O–H groups in total. The Morgan fingerprint density at radius 1 is 1.19 bits per heavy atom. The van der Waals surface area contributed by atoms with E-state index in [4.69, 9.17) is 4.74 Å². The van der Waals surface area contributed by atoms with Crippen molar-refractivity contribution in [2.75, 3.05) is 13.2 Å². The second-order valence-corrected chi connectivity index (χ2v) is 4.20. The van der Waals surface area contributed by atoms with E-state index >= 15 is 0 Å². The maximum atomic E-state index is 12.0. The van der Waals surface area contributed by atoms with E-state index in [2.05, 4.69) is 9.84 Å². The fourth-order valence-electron chi connectivity index (χ4n) is 1.85. The van der Waals surface area contributed by atoms with Crippen molar-refractivity contribution in [3.63, 3.8) is 0 Å². The van der Waals surface area contributed by atoms with Crippen molar-refractivity contribution in [3.05, 3.63) is 40.3 Å². The van der Waals surface area contributed by atoms with Gasteiger partial charge in [-0.3, -0.25) is 4.79 Å². The second-order valence-electron chi connectivity index (χ2n) is 4.20. The predicted molar refractivity (Wildman–Crippen MR) is 73.9 cm³/mol. The predicted octanol–water partition coefficient (Wildman–Crippen LogP) is 0.653. The van der Waals surface area contributed by atoms with Gasteiger partial charge in [-0.25, -0.2) is 14.3 Å². The zero-order valence-corrected chi connectivity index (χ0v) is 11.7. The summed E-state index contributed by atoms with van der Waals surface area (Å²) in [4.78, 5) is 35.1. The zero-order chi connectivity index (χ0) is 15.4. The molecule has 1 heterocycles. The van der Waals surface area contributed by atoms with Gasteiger partial charge in [0.2, 0.25) is 0 Å². The summed E-state index contributed by atoms with van der Waals surface area (Å²) < 4.78 is 10.6. The summed E-state index contributed by atoms with van der Waals surface area (Å²) in [6, 6.07) is 6.58. The number of ether oxygens (including phenoxy) is 2. The third kappa shape index (κ3) is 3.07. The van der Waals surface area contributed by atoms with Gasteiger partial charge in [0.25, 0.3) is 5.56 Å². The molecule has 1 aromatic carbocycles. The number of aryl methyl sites for hydroxylation is 1. The van der Waals surface area contributed by atoms with Gasteiger partial charge in [-0.05, 0) is 13.0 Å². The number of hydrogen-bond donors (Lipinski definition) is 0. The molecule has 7 heteroatoms. The Hall–Kier alpha value is -2.70. The molecule has 0 amide bonds. The van der Waals surface area contributed by atoms with E-state index in [1.165, 1.54) is 7.05 Å². The first kappa shape index (κ1) is 14.7. The molecule has 0 aliphatic heterocycles. The normalized spacial score (nSPS) is 10.4. The Kier molecular flexibility index (Phi) is 4.32. The molecule has 0 radical (unpaired) electrons. The smallest absolute Gasteiger partial charge is 0.360 e. The minimum absolute atomic E-state index is 0.0167. The molecular formula is C14H14N2O5. The van der Waals surface area contributed by atoms with E-state index in [9.17, 15) is 14.4 Å². The maximum Gasteiger partial charge on any atom is 0.360 e. The number of carbonyl (C=O) groups is 2. The Labute approximate surface area is 120 Å². The van der Waals surface area contributed by atoms with Crippen LogP contribution in [0.3, 0.4) is 0 Å². The van der Waals surface area contributed by atoms with Crippen molar-refractivity contribution in [3.8, 4) is 0 Å².